The Kier molecular flexibility index (Phi) is 4.22. The van der Waals surface area contributed by atoms with Crippen molar-refractivity contribution >= 4 is 11.6 Å². The van der Waals surface area contributed by atoms with Crippen LogP contribution in [0.15, 0.2) is 24.3 Å². The monoisotopic (exact) mass is 261 g/mol. The second-order valence-corrected chi connectivity index (χ2v) is 4.04. The van der Waals surface area contributed by atoms with Gasteiger partial charge in [0.05, 0.1) is 5.69 Å². The lowest BCUT2D eigenvalue weighted by Crippen LogP contribution is -2.10. The van der Waals surface area contributed by atoms with E-state index in [1.165, 1.54) is 0 Å². The van der Waals surface area contributed by atoms with E-state index in [0.29, 0.717) is 18.0 Å². The normalized spacial score (nSPS) is 10.4. The van der Waals surface area contributed by atoms with Gasteiger partial charge in [-0.25, -0.2) is 0 Å². The third-order valence-corrected chi connectivity index (χ3v) is 2.75. The first kappa shape index (κ1) is 13.2. The van der Waals surface area contributed by atoms with Gasteiger partial charge >= 0.3 is 0 Å². The van der Waals surface area contributed by atoms with Crippen molar-refractivity contribution in [2.45, 2.75) is 27.0 Å². The number of nitrogen functional groups attached to an aromatic ring is 1. The van der Waals surface area contributed by atoms with E-state index in [1.54, 1.807) is 0 Å². The second kappa shape index (κ2) is 6.08. The molecule has 2 aromatic rings. The van der Waals surface area contributed by atoms with Crippen LogP contribution < -0.4 is 15.8 Å². The number of benzene rings is 1. The molecule has 0 atom stereocenters. The Morgan fingerprint density at radius 2 is 2.05 bits per heavy atom. The molecule has 102 valence electrons. The van der Waals surface area contributed by atoms with Crippen molar-refractivity contribution in [3.8, 4) is 5.75 Å². The lowest BCUT2D eigenvalue weighted by molar-refractivity contribution is 0.291. The summed E-state index contributed by atoms with van der Waals surface area (Å²) in [7, 11) is 0. The van der Waals surface area contributed by atoms with Crippen molar-refractivity contribution in [3.63, 3.8) is 0 Å². The Labute approximate surface area is 112 Å². The van der Waals surface area contributed by atoms with Gasteiger partial charge in [0.25, 0.3) is 0 Å². The molecule has 0 aliphatic rings. The highest BCUT2D eigenvalue weighted by atomic mass is 16.5. The summed E-state index contributed by atoms with van der Waals surface area (Å²) >= 11 is 0. The SMILES string of the molecule is CCNc1nnc(COc2ccccc2N)n1CC. The minimum atomic E-state index is 0.348. The minimum absolute atomic E-state index is 0.348. The molecule has 0 amide bonds. The Balaban J connectivity index is 2.09. The molecule has 0 unspecified atom stereocenters. The van der Waals surface area contributed by atoms with Gasteiger partial charge in [-0.05, 0) is 26.0 Å². The Morgan fingerprint density at radius 1 is 1.26 bits per heavy atom. The van der Waals surface area contributed by atoms with Crippen molar-refractivity contribution in [1.82, 2.24) is 14.8 Å². The molecule has 0 fully saturated rings. The molecular formula is C13H19N5O. The molecule has 2 rings (SSSR count). The van der Waals surface area contributed by atoms with Gasteiger partial charge in [-0.15, -0.1) is 10.2 Å². The lowest BCUT2D eigenvalue weighted by Gasteiger charge is -2.10. The maximum atomic E-state index is 5.83. The van der Waals surface area contributed by atoms with Gasteiger partial charge in [-0.1, -0.05) is 12.1 Å². The van der Waals surface area contributed by atoms with Gasteiger partial charge in [-0.3, -0.25) is 4.57 Å². The molecule has 3 N–H and O–H groups in total. The molecular weight excluding hydrogens is 242 g/mol. The van der Waals surface area contributed by atoms with Crippen LogP contribution in [0.1, 0.15) is 19.7 Å². The van der Waals surface area contributed by atoms with Crippen LogP contribution in [0.5, 0.6) is 5.75 Å². The van der Waals surface area contributed by atoms with E-state index in [1.807, 2.05) is 42.7 Å². The van der Waals surface area contributed by atoms with E-state index in [2.05, 4.69) is 15.5 Å². The highest BCUT2D eigenvalue weighted by Crippen LogP contribution is 2.21. The molecule has 0 spiro atoms. The zero-order chi connectivity index (χ0) is 13.7. The number of nitrogens with one attached hydrogen (secondary N) is 1. The summed E-state index contributed by atoms with van der Waals surface area (Å²) in [5, 5.41) is 11.4. The average molecular weight is 261 g/mol. The van der Waals surface area contributed by atoms with E-state index in [4.69, 9.17) is 10.5 Å². The first-order chi connectivity index (χ1) is 9.26. The van der Waals surface area contributed by atoms with Crippen molar-refractivity contribution in [1.29, 1.82) is 0 Å². The highest BCUT2D eigenvalue weighted by Gasteiger charge is 2.10. The number of rotatable bonds is 6. The van der Waals surface area contributed by atoms with E-state index >= 15 is 0 Å². The number of hydrogen-bond acceptors (Lipinski definition) is 5. The molecule has 19 heavy (non-hydrogen) atoms. The third-order valence-electron chi connectivity index (χ3n) is 2.75. The molecule has 0 bridgehead atoms. The van der Waals surface area contributed by atoms with E-state index in [0.717, 1.165) is 24.9 Å². The Hall–Kier alpha value is -2.24. The Bertz CT molecular complexity index is 538. The number of ether oxygens (including phenoxy) is 1. The van der Waals surface area contributed by atoms with E-state index < -0.39 is 0 Å². The third kappa shape index (κ3) is 2.96. The van der Waals surface area contributed by atoms with Crippen LogP contribution in [0, 0.1) is 0 Å². The van der Waals surface area contributed by atoms with Crippen LogP contribution in [0.3, 0.4) is 0 Å². The van der Waals surface area contributed by atoms with Crippen LogP contribution in [0.4, 0.5) is 11.6 Å². The number of aromatic nitrogens is 3. The van der Waals surface area contributed by atoms with Gasteiger partial charge in [0, 0.05) is 13.1 Å². The smallest absolute Gasteiger partial charge is 0.224 e. The van der Waals surface area contributed by atoms with Gasteiger partial charge in [0.15, 0.2) is 5.82 Å². The molecule has 1 aromatic carbocycles. The molecule has 6 nitrogen and oxygen atoms in total. The fourth-order valence-electron chi connectivity index (χ4n) is 1.82. The number of para-hydroxylation sites is 2. The van der Waals surface area contributed by atoms with Crippen molar-refractivity contribution in [2.24, 2.45) is 0 Å². The van der Waals surface area contributed by atoms with E-state index in [-0.39, 0.29) is 0 Å². The summed E-state index contributed by atoms with van der Waals surface area (Å²) in [4.78, 5) is 0. The van der Waals surface area contributed by atoms with Crippen LogP contribution >= 0.6 is 0 Å². The fourth-order valence-corrected chi connectivity index (χ4v) is 1.82. The standard InChI is InChI=1S/C13H19N5O/c1-3-15-13-17-16-12(18(13)4-2)9-19-11-8-6-5-7-10(11)14/h5-8H,3-4,9,14H2,1-2H3,(H,15,17). The zero-order valence-corrected chi connectivity index (χ0v) is 11.3. The van der Waals surface area contributed by atoms with Gasteiger partial charge in [-0.2, -0.15) is 0 Å². The summed E-state index contributed by atoms with van der Waals surface area (Å²) in [6.45, 7) is 6.02. The molecule has 1 aromatic heterocycles. The number of hydrogen-bond donors (Lipinski definition) is 2. The molecule has 0 radical (unpaired) electrons. The van der Waals surface area contributed by atoms with Gasteiger partial charge in [0.2, 0.25) is 5.95 Å². The lowest BCUT2D eigenvalue weighted by atomic mass is 10.3. The summed E-state index contributed by atoms with van der Waals surface area (Å²) in [5.41, 5.74) is 6.45. The van der Waals surface area contributed by atoms with Gasteiger partial charge < -0.3 is 15.8 Å². The summed E-state index contributed by atoms with van der Waals surface area (Å²) in [6, 6.07) is 7.41. The topological polar surface area (TPSA) is 78.0 Å². The molecule has 0 aliphatic carbocycles. The van der Waals surface area contributed by atoms with Crippen molar-refractivity contribution < 1.29 is 4.74 Å². The highest BCUT2D eigenvalue weighted by molar-refractivity contribution is 5.51. The quantitative estimate of drug-likeness (QED) is 0.776. The van der Waals surface area contributed by atoms with Crippen molar-refractivity contribution in [3.05, 3.63) is 30.1 Å². The van der Waals surface area contributed by atoms with Crippen LogP contribution in [-0.4, -0.2) is 21.3 Å². The molecule has 1 heterocycles. The van der Waals surface area contributed by atoms with Gasteiger partial charge in [0.1, 0.15) is 12.4 Å². The molecule has 6 heteroatoms. The second-order valence-electron chi connectivity index (χ2n) is 4.04. The number of nitrogens with two attached hydrogens (primary N) is 1. The number of nitrogens with zero attached hydrogens (tertiary/aromatic N) is 3. The predicted octanol–water partition coefficient (Wildman–Crippen LogP) is 1.89. The summed E-state index contributed by atoms with van der Waals surface area (Å²) < 4.78 is 7.67. The average Bonchev–Trinajstić information content (AvgIpc) is 2.80. The molecule has 0 aliphatic heterocycles. The maximum Gasteiger partial charge on any atom is 0.224 e. The van der Waals surface area contributed by atoms with Crippen LogP contribution in [0.25, 0.3) is 0 Å². The maximum absolute atomic E-state index is 5.83. The molecule has 0 saturated carbocycles. The Morgan fingerprint density at radius 3 is 2.74 bits per heavy atom. The summed E-state index contributed by atoms with van der Waals surface area (Å²) in [6.07, 6.45) is 0. The number of anilines is 2. The first-order valence-corrected chi connectivity index (χ1v) is 6.39. The zero-order valence-electron chi connectivity index (χ0n) is 11.3. The van der Waals surface area contributed by atoms with Crippen LogP contribution in [-0.2, 0) is 13.2 Å². The van der Waals surface area contributed by atoms with Crippen LogP contribution in [0.2, 0.25) is 0 Å². The largest absolute Gasteiger partial charge is 0.483 e. The fraction of sp³-hybridized carbons (Fsp3) is 0.385. The minimum Gasteiger partial charge on any atom is -0.483 e. The van der Waals surface area contributed by atoms with Crippen molar-refractivity contribution in [2.75, 3.05) is 17.6 Å². The summed E-state index contributed by atoms with van der Waals surface area (Å²) in [5.74, 6) is 2.21. The predicted molar refractivity (Wildman–Crippen MR) is 75.0 cm³/mol. The van der Waals surface area contributed by atoms with E-state index in [9.17, 15) is 0 Å². The molecule has 0 saturated heterocycles. The first-order valence-electron chi connectivity index (χ1n) is 6.39.